The first-order chi connectivity index (χ1) is 10.9. The fourth-order valence-electron chi connectivity index (χ4n) is 2.09. The molecule has 0 saturated heterocycles. The van der Waals surface area contributed by atoms with Gasteiger partial charge in [-0.2, -0.15) is 0 Å². The molecule has 0 bridgehead atoms. The molecule has 0 heterocycles. The molecule has 2 aromatic carbocycles. The molecule has 0 spiro atoms. The molecule has 7 heteroatoms. The first-order valence-corrected chi connectivity index (χ1v) is 8.55. The molecule has 2 aromatic rings. The molecule has 23 heavy (non-hydrogen) atoms. The number of aromatic hydroxyl groups is 2. The summed E-state index contributed by atoms with van der Waals surface area (Å²) in [6.07, 6.45) is 0. The van der Waals surface area contributed by atoms with Crippen LogP contribution in [0.3, 0.4) is 0 Å². The maximum atomic E-state index is 12.9. The van der Waals surface area contributed by atoms with Gasteiger partial charge in [0.15, 0.2) is 0 Å². The molecule has 124 valence electrons. The number of phenols is 2. The molecule has 2 N–H and O–H groups in total. The van der Waals surface area contributed by atoms with Gasteiger partial charge in [0.1, 0.15) is 32.8 Å². The van der Waals surface area contributed by atoms with E-state index in [9.17, 15) is 18.6 Å². The van der Waals surface area contributed by atoms with Crippen LogP contribution < -0.4 is 9.47 Å². The van der Waals surface area contributed by atoms with E-state index in [0.29, 0.717) is 0 Å². The third-order valence-corrected chi connectivity index (χ3v) is 4.87. The number of benzene rings is 2. The molecule has 0 unspecified atom stereocenters. The van der Waals surface area contributed by atoms with Crippen LogP contribution in [0.4, 0.5) is 0 Å². The van der Waals surface area contributed by atoms with Crippen LogP contribution >= 0.6 is 0 Å². The summed E-state index contributed by atoms with van der Waals surface area (Å²) in [5.74, 6) is -0.0719. The van der Waals surface area contributed by atoms with E-state index in [1.807, 2.05) is 0 Å². The Labute approximate surface area is 134 Å². The number of hydrogen-bond donors (Lipinski definition) is 2. The lowest BCUT2D eigenvalue weighted by Crippen LogP contribution is -2.08. The van der Waals surface area contributed by atoms with Crippen LogP contribution in [0.1, 0.15) is 13.8 Å². The smallest absolute Gasteiger partial charge is 0.213 e. The molecule has 0 fully saturated rings. The summed E-state index contributed by atoms with van der Waals surface area (Å²) in [6.45, 7) is 3.93. The monoisotopic (exact) mass is 338 g/mol. The van der Waals surface area contributed by atoms with Crippen molar-refractivity contribution in [3.05, 3.63) is 36.4 Å². The Morgan fingerprint density at radius 3 is 1.57 bits per heavy atom. The van der Waals surface area contributed by atoms with Gasteiger partial charge < -0.3 is 19.7 Å². The lowest BCUT2D eigenvalue weighted by atomic mass is 10.3. The highest BCUT2D eigenvalue weighted by Crippen LogP contribution is 2.37. The van der Waals surface area contributed by atoms with Crippen molar-refractivity contribution in [3.63, 3.8) is 0 Å². The third-order valence-electron chi connectivity index (χ3n) is 3.03. The molecule has 0 aliphatic heterocycles. The summed E-state index contributed by atoms with van der Waals surface area (Å²) < 4.78 is 36.5. The molecule has 0 amide bonds. The van der Waals surface area contributed by atoms with Gasteiger partial charge in [0.05, 0.1) is 13.2 Å². The average Bonchev–Trinajstić information content (AvgIpc) is 2.47. The van der Waals surface area contributed by atoms with Crippen molar-refractivity contribution < 1.29 is 28.1 Å². The predicted molar refractivity (Wildman–Crippen MR) is 84.0 cm³/mol. The van der Waals surface area contributed by atoms with Crippen molar-refractivity contribution in [2.24, 2.45) is 0 Å². The molecule has 0 saturated carbocycles. The first-order valence-electron chi connectivity index (χ1n) is 7.06. The zero-order valence-corrected chi connectivity index (χ0v) is 13.6. The molecular formula is C16H18O6S. The predicted octanol–water partition coefficient (Wildman–Crippen LogP) is 2.73. The van der Waals surface area contributed by atoms with Gasteiger partial charge in [0.25, 0.3) is 0 Å². The normalized spacial score (nSPS) is 11.2. The van der Waals surface area contributed by atoms with Gasteiger partial charge >= 0.3 is 0 Å². The minimum Gasteiger partial charge on any atom is -0.508 e. The number of rotatable bonds is 6. The van der Waals surface area contributed by atoms with E-state index in [0.717, 1.165) is 0 Å². The largest absolute Gasteiger partial charge is 0.508 e. The third kappa shape index (κ3) is 3.50. The van der Waals surface area contributed by atoms with Crippen LogP contribution in [0, 0.1) is 0 Å². The zero-order valence-electron chi connectivity index (χ0n) is 12.8. The minimum atomic E-state index is -3.95. The summed E-state index contributed by atoms with van der Waals surface area (Å²) in [5, 5.41) is 19.1. The van der Waals surface area contributed by atoms with Crippen LogP contribution in [0.25, 0.3) is 0 Å². The van der Waals surface area contributed by atoms with Gasteiger partial charge in [-0.3, -0.25) is 0 Å². The Morgan fingerprint density at radius 2 is 1.22 bits per heavy atom. The van der Waals surface area contributed by atoms with Crippen molar-refractivity contribution >= 4 is 9.84 Å². The second-order valence-corrected chi connectivity index (χ2v) is 6.52. The van der Waals surface area contributed by atoms with E-state index in [-0.39, 0.29) is 46.0 Å². The quantitative estimate of drug-likeness (QED) is 0.841. The summed E-state index contributed by atoms with van der Waals surface area (Å²) in [7, 11) is -3.95. The molecule has 2 rings (SSSR count). The highest BCUT2D eigenvalue weighted by molar-refractivity contribution is 7.91. The van der Waals surface area contributed by atoms with E-state index in [2.05, 4.69) is 0 Å². The Hall–Kier alpha value is -2.41. The van der Waals surface area contributed by atoms with Gasteiger partial charge in [-0.15, -0.1) is 0 Å². The van der Waals surface area contributed by atoms with E-state index in [1.54, 1.807) is 13.8 Å². The maximum Gasteiger partial charge on any atom is 0.213 e. The molecule has 0 aliphatic carbocycles. The Balaban J connectivity index is 2.64. The van der Waals surface area contributed by atoms with E-state index >= 15 is 0 Å². The van der Waals surface area contributed by atoms with Crippen LogP contribution in [0.2, 0.25) is 0 Å². The Morgan fingerprint density at radius 1 is 0.826 bits per heavy atom. The van der Waals surface area contributed by atoms with Crippen molar-refractivity contribution in [3.8, 4) is 23.0 Å². The van der Waals surface area contributed by atoms with Crippen LogP contribution in [0.15, 0.2) is 46.2 Å². The van der Waals surface area contributed by atoms with Crippen LogP contribution in [0.5, 0.6) is 23.0 Å². The molecule has 0 aliphatic rings. The van der Waals surface area contributed by atoms with Crippen LogP contribution in [-0.4, -0.2) is 31.8 Å². The highest BCUT2D eigenvalue weighted by atomic mass is 32.2. The van der Waals surface area contributed by atoms with Crippen molar-refractivity contribution in [1.29, 1.82) is 0 Å². The lowest BCUT2D eigenvalue weighted by molar-refractivity contribution is 0.326. The topological polar surface area (TPSA) is 93.1 Å². The second kappa shape index (κ2) is 6.78. The van der Waals surface area contributed by atoms with Gasteiger partial charge in [-0.05, 0) is 38.1 Å². The van der Waals surface area contributed by atoms with Crippen molar-refractivity contribution in [2.45, 2.75) is 23.6 Å². The van der Waals surface area contributed by atoms with Gasteiger partial charge in [0, 0.05) is 12.1 Å². The summed E-state index contributed by atoms with van der Waals surface area (Å²) in [5.41, 5.74) is 0. The maximum absolute atomic E-state index is 12.9. The van der Waals surface area contributed by atoms with Gasteiger partial charge in [0.2, 0.25) is 9.84 Å². The van der Waals surface area contributed by atoms with E-state index in [4.69, 9.17) is 9.47 Å². The SMILES string of the molecule is CCOc1cc(O)ccc1S(=O)(=O)c1ccc(O)cc1OCC. The summed E-state index contributed by atoms with van der Waals surface area (Å²) in [4.78, 5) is -0.160. The second-order valence-electron chi connectivity index (χ2n) is 4.63. The highest BCUT2D eigenvalue weighted by Gasteiger charge is 2.26. The molecular weight excluding hydrogens is 320 g/mol. The lowest BCUT2D eigenvalue weighted by Gasteiger charge is -2.14. The minimum absolute atomic E-state index is 0.0584. The fraction of sp³-hybridized carbons (Fsp3) is 0.250. The number of sulfone groups is 1. The Bertz CT molecular complexity index is 737. The molecule has 0 atom stereocenters. The number of phenolic OH excluding ortho intramolecular Hbond substituents is 2. The average molecular weight is 338 g/mol. The Kier molecular flexibility index (Phi) is 5.00. The van der Waals surface area contributed by atoms with Gasteiger partial charge in [-0.25, -0.2) is 8.42 Å². The number of ether oxygens (including phenoxy) is 2. The molecule has 0 radical (unpaired) electrons. The van der Waals surface area contributed by atoms with Crippen molar-refractivity contribution in [1.82, 2.24) is 0 Å². The van der Waals surface area contributed by atoms with E-state index in [1.165, 1.54) is 36.4 Å². The fourth-order valence-corrected chi connectivity index (χ4v) is 3.59. The number of hydrogen-bond acceptors (Lipinski definition) is 6. The van der Waals surface area contributed by atoms with Crippen LogP contribution in [-0.2, 0) is 9.84 Å². The van der Waals surface area contributed by atoms with Gasteiger partial charge in [-0.1, -0.05) is 0 Å². The molecule has 6 nitrogen and oxygen atoms in total. The standard InChI is InChI=1S/C16H18O6S/c1-3-21-13-9-11(17)5-7-15(13)23(19,20)16-8-6-12(18)10-14(16)22-4-2/h5-10,17-18H,3-4H2,1-2H3. The first kappa shape index (κ1) is 17.0. The van der Waals surface area contributed by atoms with Crippen molar-refractivity contribution in [2.75, 3.05) is 13.2 Å². The summed E-state index contributed by atoms with van der Waals surface area (Å²) in [6, 6.07) is 7.59. The van der Waals surface area contributed by atoms with E-state index < -0.39 is 9.84 Å². The molecule has 0 aromatic heterocycles. The summed E-state index contributed by atoms with van der Waals surface area (Å²) >= 11 is 0. The zero-order chi connectivity index (χ0) is 17.0.